The zero-order valence-corrected chi connectivity index (χ0v) is 9.10. The molecule has 5 nitrogen and oxygen atoms in total. The maximum atomic E-state index is 9.76. The number of fused-ring (bicyclic) bond motifs is 1. The van der Waals surface area contributed by atoms with Gasteiger partial charge in [-0.25, -0.2) is 0 Å². The summed E-state index contributed by atoms with van der Waals surface area (Å²) in [6, 6.07) is 3.55. The molecule has 1 aliphatic rings. The summed E-state index contributed by atoms with van der Waals surface area (Å²) < 4.78 is 15.8. The second-order valence-corrected chi connectivity index (χ2v) is 3.53. The first-order chi connectivity index (χ1) is 7.77. The Hall–Kier alpha value is -1.30. The number of methoxy groups -OCH3 is 1. The maximum Gasteiger partial charge on any atom is 0.189 e. The van der Waals surface area contributed by atoms with E-state index in [4.69, 9.17) is 19.9 Å². The predicted octanol–water partition coefficient (Wildman–Crippen LogP) is 0.554. The van der Waals surface area contributed by atoms with Crippen molar-refractivity contribution in [3.8, 4) is 11.5 Å². The summed E-state index contributed by atoms with van der Waals surface area (Å²) in [7, 11) is 1.59. The van der Waals surface area contributed by atoms with Crippen LogP contribution < -0.4 is 15.2 Å². The third-order valence-corrected chi connectivity index (χ3v) is 2.58. The second kappa shape index (κ2) is 4.69. The van der Waals surface area contributed by atoms with Gasteiger partial charge in [0.25, 0.3) is 0 Å². The lowest BCUT2D eigenvalue weighted by molar-refractivity contribution is -0.0196. The predicted molar refractivity (Wildman–Crippen MR) is 57.3 cm³/mol. The van der Waals surface area contributed by atoms with E-state index in [0.29, 0.717) is 23.7 Å². The number of aliphatic hydroxyl groups excluding tert-OH is 1. The van der Waals surface area contributed by atoms with Crippen LogP contribution in [0.25, 0.3) is 0 Å². The van der Waals surface area contributed by atoms with Crippen molar-refractivity contribution in [1.82, 2.24) is 0 Å². The molecule has 1 unspecified atom stereocenters. The van der Waals surface area contributed by atoms with Gasteiger partial charge < -0.3 is 25.1 Å². The molecular weight excluding hydrogens is 210 g/mol. The Balaban J connectivity index is 2.48. The molecule has 0 aliphatic carbocycles. The van der Waals surface area contributed by atoms with E-state index in [1.807, 2.05) is 0 Å². The molecule has 88 valence electrons. The third-order valence-electron chi connectivity index (χ3n) is 2.58. The first-order valence-electron chi connectivity index (χ1n) is 5.06. The highest BCUT2D eigenvalue weighted by atomic mass is 16.7. The average molecular weight is 225 g/mol. The molecule has 0 bridgehead atoms. The van der Waals surface area contributed by atoms with E-state index in [1.54, 1.807) is 19.2 Å². The lowest BCUT2D eigenvalue weighted by Gasteiger charge is -2.24. The fraction of sp³-hybridized carbons (Fsp3) is 0.455. The van der Waals surface area contributed by atoms with Gasteiger partial charge in [0.05, 0.1) is 25.4 Å². The fourth-order valence-electron chi connectivity index (χ4n) is 1.76. The Kier molecular flexibility index (Phi) is 3.28. The van der Waals surface area contributed by atoms with Gasteiger partial charge in [-0.15, -0.1) is 0 Å². The molecule has 0 amide bonds. The monoisotopic (exact) mass is 225 g/mol. The lowest BCUT2D eigenvalue weighted by Crippen LogP contribution is -2.18. The molecule has 1 heterocycles. The van der Waals surface area contributed by atoms with Gasteiger partial charge in [-0.3, -0.25) is 0 Å². The Morgan fingerprint density at radius 1 is 1.56 bits per heavy atom. The fourth-order valence-corrected chi connectivity index (χ4v) is 1.76. The van der Waals surface area contributed by atoms with E-state index in [0.717, 1.165) is 5.56 Å². The Morgan fingerprint density at radius 2 is 2.38 bits per heavy atom. The summed E-state index contributed by atoms with van der Waals surface area (Å²) in [5, 5.41) is 9.76. The van der Waals surface area contributed by atoms with Gasteiger partial charge in [0.2, 0.25) is 0 Å². The SMILES string of the molecule is COc1ccc(C(O)CN)c2c1COCO2. The van der Waals surface area contributed by atoms with E-state index in [2.05, 4.69) is 0 Å². The van der Waals surface area contributed by atoms with Crippen LogP contribution in [-0.2, 0) is 11.3 Å². The molecule has 0 saturated heterocycles. The molecule has 0 fully saturated rings. The number of hydrogen-bond acceptors (Lipinski definition) is 5. The molecule has 16 heavy (non-hydrogen) atoms. The van der Waals surface area contributed by atoms with Crippen LogP contribution in [0.15, 0.2) is 12.1 Å². The van der Waals surface area contributed by atoms with Crippen LogP contribution >= 0.6 is 0 Å². The number of ether oxygens (including phenoxy) is 3. The summed E-state index contributed by atoms with van der Waals surface area (Å²) in [6.07, 6.45) is -0.724. The number of rotatable bonds is 3. The van der Waals surface area contributed by atoms with Gasteiger partial charge >= 0.3 is 0 Å². The maximum absolute atomic E-state index is 9.76. The summed E-state index contributed by atoms with van der Waals surface area (Å²) in [4.78, 5) is 0. The van der Waals surface area contributed by atoms with Gasteiger partial charge in [0, 0.05) is 12.1 Å². The number of hydrogen-bond donors (Lipinski definition) is 2. The molecule has 5 heteroatoms. The highest BCUT2D eigenvalue weighted by Gasteiger charge is 2.22. The molecule has 3 N–H and O–H groups in total. The molecule has 0 spiro atoms. The minimum absolute atomic E-state index is 0.156. The molecule has 1 aliphatic heterocycles. The van der Waals surface area contributed by atoms with Crippen LogP contribution in [-0.4, -0.2) is 25.6 Å². The largest absolute Gasteiger partial charge is 0.496 e. The minimum Gasteiger partial charge on any atom is -0.496 e. The zero-order chi connectivity index (χ0) is 11.5. The van der Waals surface area contributed by atoms with Gasteiger partial charge in [-0.05, 0) is 12.1 Å². The van der Waals surface area contributed by atoms with Crippen LogP contribution in [0.3, 0.4) is 0 Å². The quantitative estimate of drug-likeness (QED) is 0.786. The first kappa shape index (κ1) is 11.2. The van der Waals surface area contributed by atoms with Crippen molar-refractivity contribution in [3.63, 3.8) is 0 Å². The number of aliphatic hydroxyl groups is 1. The summed E-state index contributed by atoms with van der Waals surface area (Å²) in [6.45, 7) is 0.761. The Bertz CT molecular complexity index is 380. The number of nitrogens with two attached hydrogens (primary N) is 1. The van der Waals surface area contributed by atoms with Crippen molar-refractivity contribution in [1.29, 1.82) is 0 Å². The van der Waals surface area contributed by atoms with Crippen molar-refractivity contribution >= 4 is 0 Å². The van der Waals surface area contributed by atoms with E-state index < -0.39 is 6.10 Å². The smallest absolute Gasteiger partial charge is 0.189 e. The van der Waals surface area contributed by atoms with Gasteiger partial charge in [0.15, 0.2) is 6.79 Å². The van der Waals surface area contributed by atoms with Crippen molar-refractivity contribution in [3.05, 3.63) is 23.3 Å². The van der Waals surface area contributed by atoms with Gasteiger partial charge in [0.1, 0.15) is 11.5 Å². The highest BCUT2D eigenvalue weighted by molar-refractivity contribution is 5.51. The molecule has 0 radical (unpaired) electrons. The average Bonchev–Trinajstić information content (AvgIpc) is 2.36. The third kappa shape index (κ3) is 1.84. The summed E-state index contributed by atoms with van der Waals surface area (Å²) >= 11 is 0. The topological polar surface area (TPSA) is 73.9 Å². The van der Waals surface area contributed by atoms with Gasteiger partial charge in [-0.2, -0.15) is 0 Å². The van der Waals surface area contributed by atoms with Crippen molar-refractivity contribution < 1.29 is 19.3 Å². The molecular formula is C11H15NO4. The lowest BCUT2D eigenvalue weighted by atomic mass is 10.0. The van der Waals surface area contributed by atoms with Crippen LogP contribution in [0.1, 0.15) is 17.2 Å². The van der Waals surface area contributed by atoms with E-state index in [-0.39, 0.29) is 13.3 Å². The highest BCUT2D eigenvalue weighted by Crippen LogP contribution is 2.37. The summed E-state index contributed by atoms with van der Waals surface area (Å²) in [5.74, 6) is 1.33. The Labute approximate surface area is 93.7 Å². The molecule has 0 saturated carbocycles. The zero-order valence-electron chi connectivity index (χ0n) is 9.10. The molecule has 1 aromatic rings. The van der Waals surface area contributed by atoms with Gasteiger partial charge in [-0.1, -0.05) is 0 Å². The molecule has 2 rings (SSSR count). The van der Waals surface area contributed by atoms with Crippen LogP contribution in [0.4, 0.5) is 0 Å². The first-order valence-corrected chi connectivity index (χ1v) is 5.06. The number of benzene rings is 1. The van der Waals surface area contributed by atoms with E-state index in [1.165, 1.54) is 0 Å². The normalized spacial score (nSPS) is 16.2. The summed E-state index contributed by atoms with van der Waals surface area (Å²) in [5.41, 5.74) is 6.94. The standard InChI is InChI=1S/C11H15NO4/c1-14-10-3-2-7(9(13)4-12)11-8(10)5-15-6-16-11/h2-3,9,13H,4-6,12H2,1H3. The van der Waals surface area contributed by atoms with Crippen LogP contribution in [0, 0.1) is 0 Å². The van der Waals surface area contributed by atoms with Crippen LogP contribution in [0.5, 0.6) is 11.5 Å². The van der Waals surface area contributed by atoms with E-state index in [9.17, 15) is 5.11 Å². The molecule has 1 aromatic carbocycles. The van der Waals surface area contributed by atoms with Crippen LogP contribution in [0.2, 0.25) is 0 Å². The Morgan fingerprint density at radius 3 is 3.06 bits per heavy atom. The second-order valence-electron chi connectivity index (χ2n) is 3.53. The molecule has 1 atom stereocenters. The van der Waals surface area contributed by atoms with Crippen molar-refractivity contribution in [2.24, 2.45) is 5.73 Å². The van der Waals surface area contributed by atoms with Crippen molar-refractivity contribution in [2.75, 3.05) is 20.4 Å². The van der Waals surface area contributed by atoms with E-state index >= 15 is 0 Å². The minimum atomic E-state index is -0.724. The van der Waals surface area contributed by atoms with Crippen molar-refractivity contribution in [2.45, 2.75) is 12.7 Å². The molecule has 0 aromatic heterocycles.